The fraction of sp³-hybridized carbons (Fsp3) is 0.222. The van der Waals surface area contributed by atoms with E-state index in [1.54, 1.807) is 17.5 Å². The molecule has 3 N–H and O–H groups in total. The number of carbonyl (C=O) groups excluding carboxylic acids is 1. The molecule has 0 radical (unpaired) electrons. The van der Waals surface area contributed by atoms with Crippen molar-refractivity contribution in [1.29, 1.82) is 0 Å². The van der Waals surface area contributed by atoms with Crippen LogP contribution in [0.5, 0.6) is 0 Å². The van der Waals surface area contributed by atoms with Gasteiger partial charge in [-0.1, -0.05) is 12.1 Å². The van der Waals surface area contributed by atoms with Gasteiger partial charge in [0, 0.05) is 11.3 Å². The van der Waals surface area contributed by atoms with E-state index in [1.165, 1.54) is 17.4 Å². The topological polar surface area (TPSA) is 63.3 Å². The molecule has 0 bridgehead atoms. The minimum absolute atomic E-state index is 0.142. The van der Waals surface area contributed by atoms with Crippen LogP contribution in [0.3, 0.4) is 0 Å². The predicted octanol–water partition coefficient (Wildman–Crippen LogP) is 0.997. The third-order valence-electron chi connectivity index (χ3n) is 1.78. The van der Waals surface area contributed by atoms with E-state index >= 15 is 0 Å². The van der Waals surface area contributed by atoms with E-state index in [4.69, 9.17) is 5.73 Å². The van der Waals surface area contributed by atoms with E-state index in [2.05, 4.69) is 6.58 Å². The summed E-state index contributed by atoms with van der Waals surface area (Å²) in [7, 11) is 0. The lowest BCUT2D eigenvalue weighted by Crippen LogP contribution is -2.39. The molecule has 1 aromatic heterocycles. The minimum Gasteiger partial charge on any atom is -0.374 e. The molecule has 0 saturated carbocycles. The molecular formula is C9H11NO2S. The number of thiophene rings is 1. The number of rotatable bonds is 4. The van der Waals surface area contributed by atoms with Crippen molar-refractivity contribution in [2.24, 2.45) is 5.73 Å². The Morgan fingerprint density at radius 1 is 1.85 bits per heavy atom. The number of carbonyl (C=O) groups is 1. The van der Waals surface area contributed by atoms with Gasteiger partial charge in [0.1, 0.15) is 0 Å². The van der Waals surface area contributed by atoms with Gasteiger partial charge in [-0.05, 0) is 11.4 Å². The Labute approximate surface area is 80.5 Å². The summed E-state index contributed by atoms with van der Waals surface area (Å²) in [6, 6.07) is 3.44. The van der Waals surface area contributed by atoms with E-state index in [-0.39, 0.29) is 6.42 Å². The van der Waals surface area contributed by atoms with Crippen molar-refractivity contribution in [3.63, 3.8) is 0 Å². The zero-order chi connectivity index (χ0) is 9.90. The van der Waals surface area contributed by atoms with E-state index < -0.39 is 11.5 Å². The van der Waals surface area contributed by atoms with Crippen LogP contribution >= 0.6 is 11.3 Å². The molecule has 1 heterocycles. The number of primary amides is 1. The summed E-state index contributed by atoms with van der Waals surface area (Å²) < 4.78 is 0. The molecule has 70 valence electrons. The summed E-state index contributed by atoms with van der Waals surface area (Å²) in [5.74, 6) is -0.741. The Morgan fingerprint density at radius 2 is 2.54 bits per heavy atom. The Morgan fingerprint density at radius 3 is 2.92 bits per heavy atom. The highest BCUT2D eigenvalue weighted by atomic mass is 32.1. The quantitative estimate of drug-likeness (QED) is 0.707. The largest absolute Gasteiger partial charge is 0.374 e. The van der Waals surface area contributed by atoms with Gasteiger partial charge < -0.3 is 10.8 Å². The average molecular weight is 197 g/mol. The molecule has 0 aliphatic rings. The lowest BCUT2D eigenvalue weighted by Gasteiger charge is -2.21. The van der Waals surface area contributed by atoms with E-state index in [1.807, 2.05) is 0 Å². The standard InChI is InChI=1S/C9H11NO2S/c1-2-5-9(12,8(10)11)7-4-3-6-13-7/h2-4,6,12H,1,5H2,(H2,10,11). The van der Waals surface area contributed by atoms with Crippen molar-refractivity contribution in [3.05, 3.63) is 35.0 Å². The highest BCUT2D eigenvalue weighted by Crippen LogP contribution is 2.28. The Bertz CT molecular complexity index is 307. The molecule has 1 amide bonds. The number of amides is 1. The maximum atomic E-state index is 11.0. The summed E-state index contributed by atoms with van der Waals surface area (Å²) >= 11 is 1.30. The van der Waals surface area contributed by atoms with Gasteiger partial charge in [-0.3, -0.25) is 4.79 Å². The highest BCUT2D eigenvalue weighted by molar-refractivity contribution is 7.10. The molecule has 0 spiro atoms. The van der Waals surface area contributed by atoms with Gasteiger partial charge in [0.15, 0.2) is 5.60 Å². The van der Waals surface area contributed by atoms with Crippen LogP contribution in [0.2, 0.25) is 0 Å². The molecule has 4 heteroatoms. The summed E-state index contributed by atoms with van der Waals surface area (Å²) in [6.07, 6.45) is 1.62. The summed E-state index contributed by atoms with van der Waals surface area (Å²) in [5.41, 5.74) is 3.53. The molecule has 3 nitrogen and oxygen atoms in total. The Kier molecular flexibility index (Phi) is 2.85. The van der Waals surface area contributed by atoms with Gasteiger partial charge in [-0.2, -0.15) is 0 Å². The van der Waals surface area contributed by atoms with Crippen molar-refractivity contribution in [3.8, 4) is 0 Å². The van der Waals surface area contributed by atoms with Crippen molar-refractivity contribution in [2.75, 3.05) is 0 Å². The molecule has 0 aliphatic heterocycles. The van der Waals surface area contributed by atoms with Gasteiger partial charge in [0.2, 0.25) is 0 Å². The van der Waals surface area contributed by atoms with E-state index in [9.17, 15) is 9.90 Å². The average Bonchev–Trinajstić information content (AvgIpc) is 2.56. The number of hydrogen-bond acceptors (Lipinski definition) is 3. The first kappa shape index (κ1) is 9.95. The van der Waals surface area contributed by atoms with Gasteiger partial charge in [0.05, 0.1) is 0 Å². The van der Waals surface area contributed by atoms with Crippen LogP contribution in [0.15, 0.2) is 30.2 Å². The zero-order valence-corrected chi connectivity index (χ0v) is 7.88. The molecule has 1 atom stereocenters. The highest BCUT2D eigenvalue weighted by Gasteiger charge is 2.35. The fourth-order valence-electron chi connectivity index (χ4n) is 1.05. The van der Waals surface area contributed by atoms with Crippen LogP contribution < -0.4 is 5.73 Å². The molecule has 1 rings (SSSR count). The molecule has 1 aromatic rings. The second-order valence-corrected chi connectivity index (χ2v) is 3.64. The molecule has 0 aliphatic carbocycles. The third-order valence-corrected chi connectivity index (χ3v) is 2.80. The monoisotopic (exact) mass is 197 g/mol. The van der Waals surface area contributed by atoms with Crippen molar-refractivity contribution in [1.82, 2.24) is 0 Å². The van der Waals surface area contributed by atoms with Gasteiger partial charge in [-0.25, -0.2) is 0 Å². The summed E-state index contributed by atoms with van der Waals surface area (Å²) in [5, 5.41) is 11.7. The normalized spacial score (nSPS) is 14.8. The van der Waals surface area contributed by atoms with Gasteiger partial charge >= 0.3 is 0 Å². The minimum atomic E-state index is -1.59. The molecule has 13 heavy (non-hydrogen) atoms. The smallest absolute Gasteiger partial charge is 0.255 e. The lowest BCUT2D eigenvalue weighted by molar-refractivity contribution is -0.136. The SMILES string of the molecule is C=CCC(O)(C(N)=O)c1cccs1. The molecular weight excluding hydrogens is 186 g/mol. The van der Waals surface area contributed by atoms with Crippen molar-refractivity contribution >= 4 is 17.2 Å². The number of hydrogen-bond donors (Lipinski definition) is 2. The molecule has 0 aromatic carbocycles. The first-order valence-electron chi connectivity index (χ1n) is 3.78. The summed E-state index contributed by atoms with van der Waals surface area (Å²) in [4.78, 5) is 11.6. The first-order chi connectivity index (χ1) is 6.11. The second kappa shape index (κ2) is 3.72. The van der Waals surface area contributed by atoms with E-state index in [0.717, 1.165) is 0 Å². The lowest BCUT2D eigenvalue weighted by atomic mass is 9.97. The first-order valence-corrected chi connectivity index (χ1v) is 4.66. The Hall–Kier alpha value is -1.13. The van der Waals surface area contributed by atoms with Crippen molar-refractivity contribution < 1.29 is 9.90 Å². The third kappa shape index (κ3) is 1.79. The van der Waals surface area contributed by atoms with Crippen LogP contribution in [0, 0.1) is 0 Å². The van der Waals surface area contributed by atoms with E-state index in [0.29, 0.717) is 4.88 Å². The zero-order valence-electron chi connectivity index (χ0n) is 7.06. The number of aliphatic hydroxyl groups is 1. The van der Waals surface area contributed by atoms with Crippen molar-refractivity contribution in [2.45, 2.75) is 12.0 Å². The Balaban J connectivity index is 3.05. The maximum Gasteiger partial charge on any atom is 0.255 e. The maximum absolute atomic E-state index is 11.0. The fourth-order valence-corrected chi connectivity index (χ4v) is 1.89. The predicted molar refractivity (Wildman–Crippen MR) is 52.2 cm³/mol. The van der Waals surface area contributed by atoms with Crippen LogP contribution in [0.25, 0.3) is 0 Å². The second-order valence-electron chi connectivity index (χ2n) is 2.69. The van der Waals surface area contributed by atoms with Crippen LogP contribution in [-0.2, 0) is 10.4 Å². The van der Waals surface area contributed by atoms with Crippen LogP contribution in [0.4, 0.5) is 0 Å². The van der Waals surface area contributed by atoms with Gasteiger partial charge in [0.25, 0.3) is 5.91 Å². The van der Waals surface area contributed by atoms with Crippen LogP contribution in [0.1, 0.15) is 11.3 Å². The molecule has 1 unspecified atom stereocenters. The number of nitrogens with two attached hydrogens (primary N) is 1. The summed E-state index contributed by atoms with van der Waals surface area (Å²) in [6.45, 7) is 3.47. The molecule has 0 fully saturated rings. The molecule has 0 saturated heterocycles. The van der Waals surface area contributed by atoms with Crippen LogP contribution in [-0.4, -0.2) is 11.0 Å². The van der Waals surface area contributed by atoms with Gasteiger partial charge in [-0.15, -0.1) is 17.9 Å².